The molecule has 9 heteroatoms. The molecule has 1 amide bonds. The Morgan fingerprint density at radius 1 is 1.17 bits per heavy atom. The second-order valence-electron chi connectivity index (χ2n) is 4.96. The van der Waals surface area contributed by atoms with Gasteiger partial charge in [-0.1, -0.05) is 11.2 Å². The highest BCUT2D eigenvalue weighted by atomic mass is 32.2. The lowest BCUT2D eigenvalue weighted by molar-refractivity contribution is 0.101. The molecule has 2 N–H and O–H groups in total. The van der Waals surface area contributed by atoms with Gasteiger partial charge in [-0.2, -0.15) is 0 Å². The largest absolute Gasteiger partial charge is 0.355 e. The summed E-state index contributed by atoms with van der Waals surface area (Å²) in [6, 6.07) is 11.6. The Hall–Kier alpha value is -2.65. The molecule has 2 heterocycles. The quantitative estimate of drug-likeness (QED) is 0.725. The summed E-state index contributed by atoms with van der Waals surface area (Å²) in [4.78, 5) is 13.1. The van der Waals surface area contributed by atoms with Gasteiger partial charge in [0.2, 0.25) is 10.0 Å². The highest BCUT2D eigenvalue weighted by Gasteiger charge is 2.14. The number of thiophene rings is 1. The fourth-order valence-corrected chi connectivity index (χ4v) is 3.19. The molecule has 0 unspecified atom stereocenters. The van der Waals surface area contributed by atoms with Gasteiger partial charge in [0.25, 0.3) is 5.91 Å². The molecule has 0 saturated carbocycles. The Morgan fingerprint density at radius 2 is 1.88 bits per heavy atom. The summed E-state index contributed by atoms with van der Waals surface area (Å²) < 4.78 is 29.8. The average molecular weight is 363 g/mol. The van der Waals surface area contributed by atoms with Gasteiger partial charge in [-0.3, -0.25) is 9.52 Å². The fourth-order valence-electron chi connectivity index (χ4n) is 1.95. The van der Waals surface area contributed by atoms with E-state index in [0.717, 1.165) is 11.1 Å². The van der Waals surface area contributed by atoms with E-state index in [4.69, 9.17) is 4.52 Å². The summed E-state index contributed by atoms with van der Waals surface area (Å²) in [5.74, 6) is 0.119. The Kier molecular flexibility index (Phi) is 4.36. The van der Waals surface area contributed by atoms with Crippen LogP contribution in [0.3, 0.4) is 0 Å². The molecule has 124 valence electrons. The summed E-state index contributed by atoms with van der Waals surface area (Å²) in [6.07, 6.45) is 1.07. The lowest BCUT2D eigenvalue weighted by atomic mass is 10.2. The van der Waals surface area contributed by atoms with E-state index >= 15 is 0 Å². The molecule has 0 atom stereocenters. The van der Waals surface area contributed by atoms with Gasteiger partial charge in [-0.15, -0.1) is 11.3 Å². The van der Waals surface area contributed by atoms with Gasteiger partial charge in [0.15, 0.2) is 11.5 Å². The minimum absolute atomic E-state index is 0.164. The molecule has 0 radical (unpaired) electrons. The highest BCUT2D eigenvalue weighted by molar-refractivity contribution is 7.92. The number of anilines is 2. The zero-order valence-corrected chi connectivity index (χ0v) is 14.1. The zero-order valence-electron chi connectivity index (χ0n) is 12.5. The Balaban J connectivity index is 1.69. The molecule has 3 rings (SSSR count). The van der Waals surface area contributed by atoms with Crippen molar-refractivity contribution in [2.45, 2.75) is 0 Å². The second kappa shape index (κ2) is 6.46. The fraction of sp³-hybridized carbons (Fsp3) is 0.0667. The lowest BCUT2D eigenvalue weighted by Crippen LogP contribution is -2.12. The van der Waals surface area contributed by atoms with Crippen LogP contribution in [0.25, 0.3) is 10.6 Å². The molecule has 3 aromatic rings. The van der Waals surface area contributed by atoms with Crippen molar-refractivity contribution < 1.29 is 17.7 Å². The first-order valence-corrected chi connectivity index (χ1v) is 9.58. The van der Waals surface area contributed by atoms with Gasteiger partial charge in [-0.25, -0.2) is 8.42 Å². The van der Waals surface area contributed by atoms with Gasteiger partial charge in [0, 0.05) is 17.4 Å². The molecule has 0 saturated heterocycles. The van der Waals surface area contributed by atoms with E-state index in [0.29, 0.717) is 17.1 Å². The van der Waals surface area contributed by atoms with Crippen molar-refractivity contribution in [3.63, 3.8) is 0 Å². The average Bonchev–Trinajstić information content (AvgIpc) is 3.18. The molecule has 0 aliphatic carbocycles. The predicted molar refractivity (Wildman–Crippen MR) is 92.7 cm³/mol. The molecular formula is C15H13N3O4S2. The first-order chi connectivity index (χ1) is 11.4. The number of carbonyl (C=O) groups is 1. The van der Waals surface area contributed by atoms with Crippen molar-refractivity contribution in [1.29, 1.82) is 0 Å². The van der Waals surface area contributed by atoms with Crippen LogP contribution in [0.5, 0.6) is 0 Å². The van der Waals surface area contributed by atoms with Crippen LogP contribution in [0.15, 0.2) is 52.4 Å². The molecule has 0 fully saturated rings. The van der Waals surface area contributed by atoms with Crippen LogP contribution in [-0.2, 0) is 10.0 Å². The molecular weight excluding hydrogens is 350 g/mol. The number of benzene rings is 1. The Bertz CT molecular complexity index is 945. The van der Waals surface area contributed by atoms with Gasteiger partial charge in [-0.05, 0) is 35.7 Å². The third-order valence-corrected chi connectivity index (χ3v) is 4.44. The number of nitrogens with zero attached hydrogens (tertiary/aromatic N) is 1. The first-order valence-electron chi connectivity index (χ1n) is 6.80. The lowest BCUT2D eigenvalue weighted by Gasteiger charge is -2.06. The van der Waals surface area contributed by atoms with Crippen LogP contribution in [0.4, 0.5) is 11.4 Å². The van der Waals surface area contributed by atoms with Gasteiger partial charge in [0.1, 0.15) is 0 Å². The third-order valence-electron chi connectivity index (χ3n) is 2.95. The van der Waals surface area contributed by atoms with Crippen molar-refractivity contribution in [3.8, 4) is 10.6 Å². The first kappa shape index (κ1) is 16.2. The predicted octanol–water partition coefficient (Wildman–Crippen LogP) is 3.03. The molecule has 1 aromatic carbocycles. The molecule has 0 aliphatic heterocycles. The van der Waals surface area contributed by atoms with E-state index in [1.165, 1.54) is 11.3 Å². The van der Waals surface area contributed by atoms with E-state index in [1.54, 1.807) is 30.3 Å². The highest BCUT2D eigenvalue weighted by Crippen LogP contribution is 2.25. The van der Waals surface area contributed by atoms with E-state index < -0.39 is 15.9 Å². The summed E-state index contributed by atoms with van der Waals surface area (Å²) >= 11 is 1.49. The summed E-state index contributed by atoms with van der Waals surface area (Å²) in [5, 5.41) is 8.34. The van der Waals surface area contributed by atoms with Crippen LogP contribution >= 0.6 is 11.3 Å². The maximum absolute atomic E-state index is 12.2. The number of carbonyl (C=O) groups excluding carboxylic acids is 1. The van der Waals surface area contributed by atoms with Gasteiger partial charge < -0.3 is 9.84 Å². The monoisotopic (exact) mass is 363 g/mol. The SMILES string of the molecule is CS(=O)(=O)Nc1ccc(NC(=O)c2cc(-c3cccs3)on2)cc1. The number of sulfonamides is 1. The number of aromatic nitrogens is 1. The van der Waals surface area contributed by atoms with E-state index in [-0.39, 0.29) is 5.69 Å². The Labute approximate surface area is 142 Å². The maximum atomic E-state index is 12.2. The van der Waals surface area contributed by atoms with Crippen molar-refractivity contribution in [3.05, 3.63) is 53.5 Å². The van der Waals surface area contributed by atoms with Crippen LogP contribution in [0.2, 0.25) is 0 Å². The smallest absolute Gasteiger partial charge is 0.277 e. The molecule has 0 aliphatic rings. The number of hydrogen-bond acceptors (Lipinski definition) is 6. The van der Waals surface area contributed by atoms with Crippen LogP contribution < -0.4 is 10.0 Å². The summed E-state index contributed by atoms with van der Waals surface area (Å²) in [5.41, 5.74) is 1.09. The minimum Gasteiger partial charge on any atom is -0.355 e. The summed E-state index contributed by atoms with van der Waals surface area (Å²) in [7, 11) is -3.33. The van der Waals surface area contributed by atoms with E-state index in [1.807, 2.05) is 17.5 Å². The second-order valence-corrected chi connectivity index (χ2v) is 7.66. The van der Waals surface area contributed by atoms with Crippen molar-refractivity contribution >= 4 is 38.6 Å². The van der Waals surface area contributed by atoms with E-state index in [9.17, 15) is 13.2 Å². The van der Waals surface area contributed by atoms with Crippen molar-refractivity contribution in [1.82, 2.24) is 5.16 Å². The number of hydrogen-bond donors (Lipinski definition) is 2. The number of rotatable bonds is 5. The standard InChI is InChI=1S/C15H13N3O4S2/c1-24(20,21)18-11-6-4-10(5-7-11)16-15(19)12-9-13(22-17-12)14-3-2-8-23-14/h2-9,18H,1H3,(H,16,19). The molecule has 0 bridgehead atoms. The number of nitrogens with one attached hydrogen (secondary N) is 2. The van der Waals surface area contributed by atoms with Gasteiger partial charge in [0.05, 0.1) is 11.1 Å². The zero-order chi connectivity index (χ0) is 17.2. The van der Waals surface area contributed by atoms with Crippen LogP contribution in [0, 0.1) is 0 Å². The maximum Gasteiger partial charge on any atom is 0.277 e. The minimum atomic E-state index is -3.33. The van der Waals surface area contributed by atoms with Gasteiger partial charge >= 0.3 is 0 Å². The van der Waals surface area contributed by atoms with Crippen LogP contribution in [0.1, 0.15) is 10.5 Å². The molecule has 7 nitrogen and oxygen atoms in total. The van der Waals surface area contributed by atoms with Crippen molar-refractivity contribution in [2.75, 3.05) is 16.3 Å². The Morgan fingerprint density at radius 3 is 2.50 bits per heavy atom. The van der Waals surface area contributed by atoms with Crippen molar-refractivity contribution in [2.24, 2.45) is 0 Å². The van der Waals surface area contributed by atoms with Crippen LogP contribution in [-0.4, -0.2) is 25.7 Å². The normalized spacial score (nSPS) is 11.2. The molecule has 24 heavy (non-hydrogen) atoms. The topological polar surface area (TPSA) is 101 Å². The third kappa shape index (κ3) is 4.00. The molecule has 0 spiro atoms. The number of amides is 1. The van der Waals surface area contributed by atoms with E-state index in [2.05, 4.69) is 15.2 Å². The molecule has 2 aromatic heterocycles. The summed E-state index contributed by atoms with van der Waals surface area (Å²) in [6.45, 7) is 0.